The van der Waals surface area contributed by atoms with Crippen LogP contribution in [0.4, 0.5) is 0 Å². The zero-order valence-electron chi connectivity index (χ0n) is 10.3. The summed E-state index contributed by atoms with van der Waals surface area (Å²) in [6.45, 7) is 10.9. The molecule has 0 saturated carbocycles. The summed E-state index contributed by atoms with van der Waals surface area (Å²) in [5.41, 5.74) is 0. The summed E-state index contributed by atoms with van der Waals surface area (Å²) >= 11 is 1.90. The largest absolute Gasteiger partial charge is 0.364 e. The van der Waals surface area contributed by atoms with Gasteiger partial charge in [-0.1, -0.05) is 32.5 Å². The zero-order valence-corrected chi connectivity index (χ0v) is 11.1. The quantitative estimate of drug-likeness (QED) is 0.777. The highest BCUT2D eigenvalue weighted by atomic mass is 32.2. The van der Waals surface area contributed by atoms with E-state index >= 15 is 0 Å². The van der Waals surface area contributed by atoms with E-state index in [4.69, 9.17) is 0 Å². The van der Waals surface area contributed by atoms with Gasteiger partial charge in [-0.05, 0) is 19.5 Å². The zero-order chi connectivity index (χ0) is 11.3. The Morgan fingerprint density at radius 1 is 1.60 bits per heavy atom. The molecule has 0 aromatic heterocycles. The maximum absolute atomic E-state index is 4.51. The van der Waals surface area contributed by atoms with Crippen LogP contribution in [0.15, 0.2) is 4.99 Å². The van der Waals surface area contributed by atoms with Crippen LogP contribution in [-0.2, 0) is 0 Å². The van der Waals surface area contributed by atoms with Gasteiger partial charge in [0.2, 0.25) is 0 Å². The summed E-state index contributed by atoms with van der Waals surface area (Å²) in [6.07, 6.45) is 0. The summed E-state index contributed by atoms with van der Waals surface area (Å²) in [6, 6.07) is 0. The third-order valence-corrected chi connectivity index (χ3v) is 4.22. The van der Waals surface area contributed by atoms with E-state index < -0.39 is 0 Å². The van der Waals surface area contributed by atoms with Crippen molar-refractivity contribution >= 4 is 16.9 Å². The summed E-state index contributed by atoms with van der Waals surface area (Å²) in [5, 5.41) is 5.22. The van der Waals surface area contributed by atoms with Gasteiger partial charge in [-0.2, -0.15) is 0 Å². The Kier molecular flexibility index (Phi) is 5.47. The van der Waals surface area contributed by atoms with Crippen molar-refractivity contribution in [2.45, 2.75) is 26.0 Å². The van der Waals surface area contributed by atoms with E-state index in [2.05, 4.69) is 43.0 Å². The van der Waals surface area contributed by atoms with Crippen molar-refractivity contribution in [3.8, 4) is 0 Å². The Bertz CT molecular complexity index is 216. The summed E-state index contributed by atoms with van der Waals surface area (Å²) in [4.78, 5) is 6.81. The first-order valence-corrected chi connectivity index (χ1v) is 6.65. The van der Waals surface area contributed by atoms with Crippen molar-refractivity contribution in [3.05, 3.63) is 0 Å². The molecule has 1 rings (SSSR count). The number of amidine groups is 1. The van der Waals surface area contributed by atoms with Crippen LogP contribution in [0.2, 0.25) is 0 Å². The molecule has 1 N–H and O–H groups in total. The van der Waals surface area contributed by atoms with Gasteiger partial charge in [0.25, 0.3) is 0 Å². The van der Waals surface area contributed by atoms with Crippen molar-refractivity contribution < 1.29 is 0 Å². The predicted octanol–water partition coefficient (Wildman–Crippen LogP) is 1.66. The van der Waals surface area contributed by atoms with Crippen LogP contribution >= 0.6 is 11.8 Å². The van der Waals surface area contributed by atoms with Crippen LogP contribution in [0.5, 0.6) is 0 Å². The molecule has 0 amide bonds. The fourth-order valence-electron chi connectivity index (χ4n) is 1.35. The van der Waals surface area contributed by atoms with E-state index in [0.717, 1.165) is 37.3 Å². The van der Waals surface area contributed by atoms with Crippen LogP contribution in [-0.4, -0.2) is 48.5 Å². The Hall–Kier alpha value is -0.220. The number of hydrogen-bond acceptors (Lipinski definition) is 4. The van der Waals surface area contributed by atoms with E-state index in [9.17, 15) is 0 Å². The summed E-state index contributed by atoms with van der Waals surface area (Å²) in [7, 11) is 2.14. The smallest absolute Gasteiger partial charge is 0.156 e. The second-order valence-corrected chi connectivity index (χ2v) is 5.60. The number of aliphatic imine (C=N–C) groups is 1. The van der Waals surface area contributed by atoms with E-state index in [1.54, 1.807) is 0 Å². The molecule has 1 aliphatic heterocycles. The van der Waals surface area contributed by atoms with Gasteiger partial charge < -0.3 is 10.2 Å². The molecule has 0 aromatic rings. The van der Waals surface area contributed by atoms with Gasteiger partial charge in [-0.25, -0.2) is 0 Å². The molecule has 0 aromatic carbocycles. The molecule has 1 heterocycles. The highest BCUT2D eigenvalue weighted by Crippen LogP contribution is 2.25. The standard InChI is InChI=1S/C11H23N3S/c1-5-14(4)7-6-12-11-13-8-10(15-11)9(2)3/h9-10H,5-8H2,1-4H3,(H,12,13). The van der Waals surface area contributed by atoms with E-state index in [0.29, 0.717) is 5.25 Å². The third-order valence-electron chi connectivity index (χ3n) is 2.73. The minimum atomic E-state index is 0.677. The van der Waals surface area contributed by atoms with E-state index in [1.807, 2.05) is 11.8 Å². The van der Waals surface area contributed by atoms with Crippen LogP contribution in [0, 0.1) is 5.92 Å². The van der Waals surface area contributed by atoms with Crippen molar-refractivity contribution in [2.75, 3.05) is 33.2 Å². The van der Waals surface area contributed by atoms with Crippen LogP contribution in [0.1, 0.15) is 20.8 Å². The maximum Gasteiger partial charge on any atom is 0.156 e. The molecule has 0 aliphatic carbocycles. The normalized spacial score (nSPS) is 21.2. The average molecular weight is 229 g/mol. The molecule has 0 spiro atoms. The monoisotopic (exact) mass is 229 g/mol. The summed E-state index contributed by atoms with van der Waals surface area (Å²) in [5.74, 6) is 0.719. The Morgan fingerprint density at radius 2 is 2.33 bits per heavy atom. The molecule has 1 aliphatic rings. The SMILES string of the molecule is CCN(C)CCNC1=NCC(C(C)C)S1. The molecule has 0 saturated heterocycles. The topological polar surface area (TPSA) is 27.6 Å². The molecule has 0 fully saturated rings. The Balaban J connectivity index is 2.14. The Labute approximate surface area is 97.7 Å². The predicted molar refractivity (Wildman–Crippen MR) is 69.7 cm³/mol. The number of rotatable bonds is 5. The lowest BCUT2D eigenvalue weighted by molar-refractivity contribution is 0.358. The summed E-state index contributed by atoms with van der Waals surface area (Å²) < 4.78 is 0. The molecule has 15 heavy (non-hydrogen) atoms. The molecule has 1 atom stereocenters. The lowest BCUT2D eigenvalue weighted by Crippen LogP contribution is -2.31. The van der Waals surface area contributed by atoms with Crippen LogP contribution in [0.25, 0.3) is 0 Å². The third kappa shape index (κ3) is 4.43. The van der Waals surface area contributed by atoms with Gasteiger partial charge in [-0.15, -0.1) is 0 Å². The van der Waals surface area contributed by atoms with E-state index in [-0.39, 0.29) is 0 Å². The van der Waals surface area contributed by atoms with Crippen LogP contribution < -0.4 is 5.32 Å². The van der Waals surface area contributed by atoms with Gasteiger partial charge in [0, 0.05) is 18.3 Å². The van der Waals surface area contributed by atoms with Crippen LogP contribution in [0.3, 0.4) is 0 Å². The highest BCUT2D eigenvalue weighted by molar-refractivity contribution is 8.14. The second-order valence-electron chi connectivity index (χ2n) is 4.37. The van der Waals surface area contributed by atoms with Gasteiger partial charge in [0.1, 0.15) is 0 Å². The number of nitrogens with one attached hydrogen (secondary N) is 1. The van der Waals surface area contributed by atoms with Gasteiger partial charge in [0.05, 0.1) is 6.54 Å². The number of nitrogens with zero attached hydrogens (tertiary/aromatic N) is 2. The fraction of sp³-hybridized carbons (Fsp3) is 0.909. The van der Waals surface area contributed by atoms with Crippen molar-refractivity contribution in [1.29, 1.82) is 0 Å². The highest BCUT2D eigenvalue weighted by Gasteiger charge is 2.21. The van der Waals surface area contributed by atoms with Crippen molar-refractivity contribution in [3.63, 3.8) is 0 Å². The van der Waals surface area contributed by atoms with Gasteiger partial charge >= 0.3 is 0 Å². The lowest BCUT2D eigenvalue weighted by atomic mass is 10.1. The first-order valence-electron chi connectivity index (χ1n) is 5.77. The molecular formula is C11H23N3S. The fourth-order valence-corrected chi connectivity index (χ4v) is 2.39. The number of likely N-dealkylation sites (N-methyl/N-ethyl adjacent to an activating group) is 1. The number of thioether (sulfide) groups is 1. The van der Waals surface area contributed by atoms with E-state index in [1.165, 1.54) is 0 Å². The minimum absolute atomic E-state index is 0.677. The number of hydrogen-bond donors (Lipinski definition) is 1. The average Bonchev–Trinajstić information content (AvgIpc) is 2.66. The molecule has 1 unspecified atom stereocenters. The first kappa shape index (κ1) is 12.8. The van der Waals surface area contributed by atoms with Crippen molar-refractivity contribution in [1.82, 2.24) is 10.2 Å². The minimum Gasteiger partial charge on any atom is -0.364 e. The molecule has 0 radical (unpaired) electrons. The molecule has 88 valence electrons. The second kappa shape index (κ2) is 6.38. The molecular weight excluding hydrogens is 206 g/mol. The Morgan fingerprint density at radius 3 is 2.87 bits per heavy atom. The molecule has 3 nitrogen and oxygen atoms in total. The maximum atomic E-state index is 4.51. The molecule has 4 heteroatoms. The first-order chi connectivity index (χ1) is 7.13. The molecule has 0 bridgehead atoms. The van der Waals surface area contributed by atoms with Gasteiger partial charge in [0.15, 0.2) is 5.17 Å². The van der Waals surface area contributed by atoms with Crippen molar-refractivity contribution in [2.24, 2.45) is 10.9 Å². The van der Waals surface area contributed by atoms with Gasteiger partial charge in [-0.3, -0.25) is 4.99 Å². The lowest BCUT2D eigenvalue weighted by Gasteiger charge is -2.15.